The first-order valence-electron chi connectivity index (χ1n) is 5.60. The van der Waals surface area contributed by atoms with Crippen molar-refractivity contribution in [2.45, 2.75) is 27.7 Å². The minimum Gasteiger partial charge on any atom is -0.322 e. The van der Waals surface area contributed by atoms with Gasteiger partial charge < -0.3 is 9.80 Å². The fourth-order valence-corrected chi connectivity index (χ4v) is 1.20. The molecule has 0 radical (unpaired) electrons. The summed E-state index contributed by atoms with van der Waals surface area (Å²) < 4.78 is 0. The molecule has 6 nitrogen and oxygen atoms in total. The monoisotopic (exact) mass is 228 g/mol. The lowest BCUT2D eigenvalue weighted by Gasteiger charge is -2.15. The van der Waals surface area contributed by atoms with E-state index in [-0.39, 0.29) is 0 Å². The van der Waals surface area contributed by atoms with Gasteiger partial charge in [0.2, 0.25) is 0 Å². The number of rotatable bonds is 4. The van der Waals surface area contributed by atoms with Crippen molar-refractivity contribution < 1.29 is 9.59 Å². The Kier molecular flexibility index (Phi) is 7.07. The molecule has 0 rings (SSSR count). The van der Waals surface area contributed by atoms with E-state index in [1.807, 2.05) is 27.7 Å². The molecule has 0 aliphatic carbocycles. The van der Waals surface area contributed by atoms with Gasteiger partial charge in [0, 0.05) is 26.2 Å². The van der Waals surface area contributed by atoms with Crippen molar-refractivity contribution in [2.75, 3.05) is 26.2 Å². The predicted octanol–water partition coefficient (Wildman–Crippen LogP) is 2.36. The lowest BCUT2D eigenvalue weighted by atomic mass is 10.5. The highest BCUT2D eigenvalue weighted by Gasteiger charge is 2.11. The molecule has 0 saturated heterocycles. The Balaban J connectivity index is 4.37. The van der Waals surface area contributed by atoms with E-state index in [0.717, 1.165) is 0 Å². The summed E-state index contributed by atoms with van der Waals surface area (Å²) in [6.45, 7) is 9.65. The molecule has 0 spiro atoms. The number of hydrogen-bond donors (Lipinski definition) is 0. The third-order valence-electron chi connectivity index (χ3n) is 2.29. The van der Waals surface area contributed by atoms with E-state index in [0.29, 0.717) is 26.2 Å². The Morgan fingerprint density at radius 1 is 0.750 bits per heavy atom. The summed E-state index contributed by atoms with van der Waals surface area (Å²) in [7, 11) is 0. The second-order valence-electron chi connectivity index (χ2n) is 3.11. The van der Waals surface area contributed by atoms with E-state index < -0.39 is 12.1 Å². The van der Waals surface area contributed by atoms with Crippen LogP contribution < -0.4 is 0 Å². The molecular formula is C10H20N4O2. The molecule has 0 fully saturated rings. The van der Waals surface area contributed by atoms with E-state index in [9.17, 15) is 9.59 Å². The zero-order valence-corrected chi connectivity index (χ0v) is 10.4. The SMILES string of the molecule is CCN(CC)C(=O)/N=N/C(=O)N(CC)CC. The first kappa shape index (κ1) is 14.5. The largest absolute Gasteiger partial charge is 0.362 e. The highest BCUT2D eigenvalue weighted by molar-refractivity contribution is 5.79. The molecule has 0 aromatic heterocycles. The summed E-state index contributed by atoms with van der Waals surface area (Å²) >= 11 is 0. The fraction of sp³-hybridized carbons (Fsp3) is 0.800. The molecule has 0 aliphatic rings. The van der Waals surface area contributed by atoms with Gasteiger partial charge in [0.15, 0.2) is 0 Å². The second-order valence-corrected chi connectivity index (χ2v) is 3.11. The molecule has 92 valence electrons. The zero-order valence-electron chi connectivity index (χ0n) is 10.4. The molecule has 0 heterocycles. The minimum absolute atomic E-state index is 0.467. The Morgan fingerprint density at radius 2 is 1.00 bits per heavy atom. The minimum atomic E-state index is -0.467. The van der Waals surface area contributed by atoms with Crippen LogP contribution in [0.15, 0.2) is 10.2 Å². The zero-order chi connectivity index (χ0) is 12.6. The summed E-state index contributed by atoms with van der Waals surface area (Å²) in [4.78, 5) is 25.8. The quantitative estimate of drug-likeness (QED) is 0.693. The van der Waals surface area contributed by atoms with E-state index >= 15 is 0 Å². The van der Waals surface area contributed by atoms with Crippen LogP contribution in [0.25, 0.3) is 0 Å². The van der Waals surface area contributed by atoms with Gasteiger partial charge in [-0.1, -0.05) is 10.2 Å². The molecule has 0 bridgehead atoms. The van der Waals surface area contributed by atoms with Crippen LogP contribution in [0.5, 0.6) is 0 Å². The summed E-state index contributed by atoms with van der Waals surface area (Å²) in [6.07, 6.45) is 0. The number of hydrogen-bond acceptors (Lipinski definition) is 2. The number of carbonyl (C=O) groups is 2. The van der Waals surface area contributed by atoms with Crippen LogP contribution >= 0.6 is 0 Å². The van der Waals surface area contributed by atoms with Gasteiger partial charge in [0.05, 0.1) is 0 Å². The number of azo groups is 1. The molecule has 0 saturated carbocycles. The molecule has 0 atom stereocenters. The van der Waals surface area contributed by atoms with E-state index in [1.165, 1.54) is 9.80 Å². The Hall–Kier alpha value is -1.46. The number of amides is 4. The summed E-state index contributed by atoms with van der Waals surface area (Å²) in [5, 5.41) is 6.81. The van der Waals surface area contributed by atoms with Crippen molar-refractivity contribution >= 4 is 12.1 Å². The van der Waals surface area contributed by atoms with Gasteiger partial charge in [-0.3, -0.25) is 0 Å². The third kappa shape index (κ3) is 4.37. The smallest absolute Gasteiger partial charge is 0.322 e. The van der Waals surface area contributed by atoms with E-state index in [4.69, 9.17) is 0 Å². The average Bonchev–Trinajstić information content (AvgIpc) is 2.29. The van der Waals surface area contributed by atoms with Crippen LogP contribution in [0.2, 0.25) is 0 Å². The number of urea groups is 2. The molecule has 0 aromatic carbocycles. The lowest BCUT2D eigenvalue weighted by Crippen LogP contribution is -2.29. The van der Waals surface area contributed by atoms with Gasteiger partial charge in [0.1, 0.15) is 0 Å². The van der Waals surface area contributed by atoms with Crippen LogP contribution in [0.1, 0.15) is 27.7 Å². The van der Waals surface area contributed by atoms with Gasteiger partial charge in [-0.2, -0.15) is 0 Å². The first-order valence-corrected chi connectivity index (χ1v) is 5.60. The standard InChI is InChI=1S/C10H20N4O2/c1-5-13(6-2)9(15)11-12-10(16)14(7-3)8-4/h5-8H2,1-4H3/b12-11+. The molecule has 0 aliphatic heterocycles. The van der Waals surface area contributed by atoms with Crippen molar-refractivity contribution in [3.05, 3.63) is 0 Å². The molecule has 16 heavy (non-hydrogen) atoms. The number of carbonyl (C=O) groups excluding carboxylic acids is 2. The van der Waals surface area contributed by atoms with Crippen molar-refractivity contribution in [1.82, 2.24) is 9.80 Å². The molecular weight excluding hydrogens is 208 g/mol. The third-order valence-corrected chi connectivity index (χ3v) is 2.29. The van der Waals surface area contributed by atoms with Crippen LogP contribution in [0.3, 0.4) is 0 Å². The van der Waals surface area contributed by atoms with Crippen molar-refractivity contribution in [2.24, 2.45) is 10.2 Å². The van der Waals surface area contributed by atoms with Crippen molar-refractivity contribution in [3.63, 3.8) is 0 Å². The maximum absolute atomic E-state index is 11.4. The Morgan fingerprint density at radius 3 is 1.19 bits per heavy atom. The summed E-state index contributed by atoms with van der Waals surface area (Å²) in [6, 6.07) is -0.934. The maximum atomic E-state index is 11.4. The highest BCUT2D eigenvalue weighted by atomic mass is 16.2. The van der Waals surface area contributed by atoms with Crippen LogP contribution in [-0.4, -0.2) is 48.0 Å². The molecule has 4 amide bonds. The summed E-state index contributed by atoms with van der Waals surface area (Å²) in [5.41, 5.74) is 0. The average molecular weight is 228 g/mol. The predicted molar refractivity (Wildman–Crippen MR) is 61.5 cm³/mol. The van der Waals surface area contributed by atoms with Gasteiger partial charge in [-0.05, 0) is 27.7 Å². The van der Waals surface area contributed by atoms with Crippen LogP contribution in [0, 0.1) is 0 Å². The van der Waals surface area contributed by atoms with Crippen molar-refractivity contribution in [1.29, 1.82) is 0 Å². The summed E-state index contributed by atoms with van der Waals surface area (Å²) in [5.74, 6) is 0. The lowest BCUT2D eigenvalue weighted by molar-refractivity contribution is 0.203. The van der Waals surface area contributed by atoms with Crippen LogP contribution in [-0.2, 0) is 0 Å². The van der Waals surface area contributed by atoms with E-state index in [1.54, 1.807) is 0 Å². The molecule has 6 heteroatoms. The topological polar surface area (TPSA) is 65.3 Å². The van der Waals surface area contributed by atoms with Gasteiger partial charge in [0.25, 0.3) is 0 Å². The molecule has 0 aromatic rings. The van der Waals surface area contributed by atoms with Gasteiger partial charge >= 0.3 is 12.1 Å². The second kappa shape index (κ2) is 7.78. The van der Waals surface area contributed by atoms with Crippen molar-refractivity contribution in [3.8, 4) is 0 Å². The fourth-order valence-electron chi connectivity index (χ4n) is 1.20. The number of nitrogens with zero attached hydrogens (tertiary/aromatic N) is 4. The Bertz CT molecular complexity index is 232. The maximum Gasteiger partial charge on any atom is 0.362 e. The van der Waals surface area contributed by atoms with Gasteiger partial charge in [-0.15, -0.1) is 0 Å². The molecule has 0 unspecified atom stereocenters. The molecule has 0 N–H and O–H groups in total. The first-order chi connectivity index (χ1) is 7.60. The normalized spacial score (nSPS) is 10.5. The van der Waals surface area contributed by atoms with Gasteiger partial charge in [-0.25, -0.2) is 9.59 Å². The van der Waals surface area contributed by atoms with E-state index in [2.05, 4.69) is 10.2 Å². The Labute approximate surface area is 96.3 Å². The highest BCUT2D eigenvalue weighted by Crippen LogP contribution is 1.97. The van der Waals surface area contributed by atoms with Crippen LogP contribution in [0.4, 0.5) is 9.59 Å².